The lowest BCUT2D eigenvalue weighted by molar-refractivity contribution is -0.384. The van der Waals surface area contributed by atoms with Crippen molar-refractivity contribution in [2.24, 2.45) is 0 Å². The Morgan fingerprint density at radius 2 is 2.11 bits per heavy atom. The third kappa shape index (κ3) is 3.78. The van der Waals surface area contributed by atoms with Gasteiger partial charge in [0.2, 0.25) is 0 Å². The van der Waals surface area contributed by atoms with E-state index < -0.39 is 0 Å². The number of rotatable bonds is 5. The minimum Gasteiger partial charge on any atom is -0.377 e. The molecule has 2 rings (SSSR count). The summed E-state index contributed by atoms with van der Waals surface area (Å²) in [7, 11) is 0. The van der Waals surface area contributed by atoms with Gasteiger partial charge in [-0.05, 0) is 24.8 Å². The standard InChI is InChI=1S/C13H18N2O3/c16-15(17)12-6-4-11(5-7-12)9-14-10-13-3-1-2-8-18-13/h4-7,13-14H,1-3,8-10H2. The summed E-state index contributed by atoms with van der Waals surface area (Å²) >= 11 is 0. The van der Waals surface area contributed by atoms with Crippen molar-refractivity contribution < 1.29 is 9.66 Å². The van der Waals surface area contributed by atoms with Gasteiger partial charge in [0.25, 0.3) is 5.69 Å². The van der Waals surface area contributed by atoms with Crippen molar-refractivity contribution in [1.29, 1.82) is 0 Å². The monoisotopic (exact) mass is 250 g/mol. The highest BCUT2D eigenvalue weighted by atomic mass is 16.6. The fourth-order valence-corrected chi connectivity index (χ4v) is 2.08. The molecule has 1 atom stereocenters. The maximum absolute atomic E-state index is 10.5. The van der Waals surface area contributed by atoms with Crippen LogP contribution in [0.1, 0.15) is 24.8 Å². The van der Waals surface area contributed by atoms with Gasteiger partial charge in [0.1, 0.15) is 0 Å². The number of nitro groups is 1. The number of ether oxygens (including phenoxy) is 1. The lowest BCUT2D eigenvalue weighted by Gasteiger charge is -2.22. The first-order valence-electron chi connectivity index (χ1n) is 6.31. The summed E-state index contributed by atoms with van der Waals surface area (Å²) in [4.78, 5) is 10.1. The van der Waals surface area contributed by atoms with Crippen molar-refractivity contribution in [3.63, 3.8) is 0 Å². The topological polar surface area (TPSA) is 64.4 Å². The molecule has 1 aromatic carbocycles. The van der Waals surface area contributed by atoms with Gasteiger partial charge in [-0.15, -0.1) is 0 Å². The highest BCUT2D eigenvalue weighted by Gasteiger charge is 2.12. The quantitative estimate of drug-likeness (QED) is 0.643. The number of non-ortho nitro benzene ring substituents is 1. The van der Waals surface area contributed by atoms with Gasteiger partial charge in [0.15, 0.2) is 0 Å². The van der Waals surface area contributed by atoms with E-state index in [1.807, 2.05) is 0 Å². The maximum atomic E-state index is 10.5. The number of nitro benzene ring substituents is 1. The molecule has 1 N–H and O–H groups in total. The van der Waals surface area contributed by atoms with Gasteiger partial charge >= 0.3 is 0 Å². The van der Waals surface area contributed by atoms with Gasteiger partial charge in [-0.2, -0.15) is 0 Å². The van der Waals surface area contributed by atoms with E-state index >= 15 is 0 Å². The van der Waals surface area contributed by atoms with Crippen LogP contribution in [0, 0.1) is 10.1 Å². The zero-order valence-corrected chi connectivity index (χ0v) is 10.3. The van der Waals surface area contributed by atoms with Crippen LogP contribution in [0.3, 0.4) is 0 Å². The molecule has 5 nitrogen and oxygen atoms in total. The Hall–Kier alpha value is -1.46. The molecule has 0 aliphatic carbocycles. The molecule has 1 unspecified atom stereocenters. The van der Waals surface area contributed by atoms with Crippen LogP contribution < -0.4 is 5.32 Å². The molecular formula is C13H18N2O3. The van der Waals surface area contributed by atoms with Crippen LogP contribution >= 0.6 is 0 Å². The number of hydrogen-bond donors (Lipinski definition) is 1. The first-order valence-corrected chi connectivity index (χ1v) is 6.31. The van der Waals surface area contributed by atoms with Crippen molar-refractivity contribution in [1.82, 2.24) is 5.32 Å². The van der Waals surface area contributed by atoms with E-state index in [-0.39, 0.29) is 10.6 Å². The predicted molar refractivity (Wildman–Crippen MR) is 68.4 cm³/mol. The summed E-state index contributed by atoms with van der Waals surface area (Å²) in [5.41, 5.74) is 1.19. The molecule has 0 amide bonds. The van der Waals surface area contributed by atoms with E-state index in [9.17, 15) is 10.1 Å². The van der Waals surface area contributed by atoms with Crippen molar-refractivity contribution >= 4 is 5.69 Å². The Morgan fingerprint density at radius 3 is 2.72 bits per heavy atom. The molecule has 98 valence electrons. The van der Waals surface area contributed by atoms with Gasteiger partial charge in [-0.1, -0.05) is 12.1 Å². The average molecular weight is 250 g/mol. The molecule has 1 aromatic rings. The van der Waals surface area contributed by atoms with Crippen LogP contribution in [0.15, 0.2) is 24.3 Å². The van der Waals surface area contributed by atoms with Crippen molar-refractivity contribution in [2.45, 2.75) is 31.9 Å². The highest BCUT2D eigenvalue weighted by Crippen LogP contribution is 2.13. The van der Waals surface area contributed by atoms with Crippen LogP contribution in [-0.2, 0) is 11.3 Å². The van der Waals surface area contributed by atoms with Crippen LogP contribution in [0.4, 0.5) is 5.69 Å². The van der Waals surface area contributed by atoms with E-state index in [4.69, 9.17) is 4.74 Å². The molecule has 0 radical (unpaired) electrons. The number of nitrogens with zero attached hydrogens (tertiary/aromatic N) is 1. The maximum Gasteiger partial charge on any atom is 0.269 e. The molecule has 0 spiro atoms. The van der Waals surface area contributed by atoms with E-state index in [1.165, 1.54) is 25.0 Å². The van der Waals surface area contributed by atoms with Crippen molar-refractivity contribution in [3.05, 3.63) is 39.9 Å². The second kappa shape index (κ2) is 6.47. The van der Waals surface area contributed by atoms with Gasteiger partial charge in [-0.25, -0.2) is 0 Å². The predicted octanol–water partition coefficient (Wildman–Crippen LogP) is 2.25. The lowest BCUT2D eigenvalue weighted by atomic mass is 10.1. The second-order valence-corrected chi connectivity index (χ2v) is 4.54. The number of nitrogens with one attached hydrogen (secondary N) is 1. The summed E-state index contributed by atoms with van der Waals surface area (Å²) in [5, 5.41) is 13.8. The third-order valence-electron chi connectivity index (χ3n) is 3.12. The molecule has 0 saturated carbocycles. The highest BCUT2D eigenvalue weighted by molar-refractivity contribution is 5.32. The minimum absolute atomic E-state index is 0.134. The summed E-state index contributed by atoms with van der Waals surface area (Å²) in [6, 6.07) is 6.64. The minimum atomic E-state index is -0.382. The SMILES string of the molecule is O=[N+]([O-])c1ccc(CNCC2CCCCO2)cc1. The largest absolute Gasteiger partial charge is 0.377 e. The van der Waals surface area contributed by atoms with Crippen LogP contribution in [0.25, 0.3) is 0 Å². The van der Waals surface area contributed by atoms with Crippen molar-refractivity contribution in [2.75, 3.05) is 13.2 Å². The zero-order chi connectivity index (χ0) is 12.8. The van der Waals surface area contributed by atoms with Crippen LogP contribution in [0.2, 0.25) is 0 Å². The van der Waals surface area contributed by atoms with Crippen LogP contribution in [-0.4, -0.2) is 24.2 Å². The fourth-order valence-electron chi connectivity index (χ4n) is 2.08. The second-order valence-electron chi connectivity index (χ2n) is 4.54. The molecule has 1 heterocycles. The molecule has 5 heteroatoms. The Bertz CT molecular complexity index is 386. The molecule has 0 bridgehead atoms. The fraction of sp³-hybridized carbons (Fsp3) is 0.538. The smallest absolute Gasteiger partial charge is 0.269 e. The van der Waals surface area contributed by atoms with Gasteiger partial charge in [-0.3, -0.25) is 10.1 Å². The molecule has 1 aliphatic rings. The molecule has 1 aliphatic heterocycles. The van der Waals surface area contributed by atoms with Gasteiger partial charge < -0.3 is 10.1 Å². The summed E-state index contributed by atoms with van der Waals surface area (Å²) < 4.78 is 5.61. The number of hydrogen-bond acceptors (Lipinski definition) is 4. The van der Waals surface area contributed by atoms with Gasteiger partial charge in [0.05, 0.1) is 11.0 Å². The first kappa shape index (κ1) is 13.0. The zero-order valence-electron chi connectivity index (χ0n) is 10.3. The van der Waals surface area contributed by atoms with E-state index in [0.29, 0.717) is 6.10 Å². The average Bonchev–Trinajstić information content (AvgIpc) is 2.40. The number of benzene rings is 1. The summed E-state index contributed by atoms with van der Waals surface area (Å²) in [6.07, 6.45) is 3.84. The van der Waals surface area contributed by atoms with Gasteiger partial charge in [0, 0.05) is 31.8 Å². The normalized spacial score (nSPS) is 19.7. The van der Waals surface area contributed by atoms with E-state index in [0.717, 1.165) is 31.7 Å². The summed E-state index contributed by atoms with van der Waals surface area (Å²) in [5.74, 6) is 0. The molecule has 1 fully saturated rings. The Balaban J connectivity index is 1.74. The Kier molecular flexibility index (Phi) is 4.66. The van der Waals surface area contributed by atoms with E-state index in [1.54, 1.807) is 12.1 Å². The molecule has 18 heavy (non-hydrogen) atoms. The Labute approximate surface area is 106 Å². The molecule has 1 saturated heterocycles. The van der Waals surface area contributed by atoms with E-state index in [2.05, 4.69) is 5.32 Å². The lowest BCUT2D eigenvalue weighted by Crippen LogP contribution is -2.31. The summed E-state index contributed by atoms with van der Waals surface area (Å²) in [6.45, 7) is 2.43. The first-order chi connectivity index (χ1) is 8.75. The Morgan fingerprint density at radius 1 is 1.33 bits per heavy atom. The molecule has 0 aromatic heterocycles. The molecular weight excluding hydrogens is 232 g/mol. The third-order valence-corrected chi connectivity index (χ3v) is 3.12. The van der Waals surface area contributed by atoms with Crippen molar-refractivity contribution in [3.8, 4) is 0 Å². The van der Waals surface area contributed by atoms with Crippen LogP contribution in [0.5, 0.6) is 0 Å².